The van der Waals surface area contributed by atoms with Crippen LogP contribution in [0.4, 0.5) is 5.95 Å². The molecule has 0 aliphatic carbocycles. The Bertz CT molecular complexity index is 435. The zero-order valence-corrected chi connectivity index (χ0v) is 7.08. The third-order valence-electron chi connectivity index (χ3n) is 1.55. The van der Waals surface area contributed by atoms with E-state index in [1.165, 1.54) is 4.52 Å². The summed E-state index contributed by atoms with van der Waals surface area (Å²) in [5.74, 6) is 0.243. The quantitative estimate of drug-likeness (QED) is 0.652. The molecule has 2 rings (SSSR count). The number of hydrogen-bond donors (Lipinski definition) is 1. The van der Waals surface area contributed by atoms with Crippen LogP contribution in [0.15, 0.2) is 6.07 Å². The third kappa shape index (κ3) is 0.902. The first-order valence-electron chi connectivity index (χ1n) is 3.32. The fourth-order valence-corrected chi connectivity index (χ4v) is 1.05. The number of aromatic nitrogens is 4. The Morgan fingerprint density at radius 2 is 2.25 bits per heavy atom. The van der Waals surface area contributed by atoms with Gasteiger partial charge in [-0.3, -0.25) is 0 Å². The van der Waals surface area contributed by atoms with Gasteiger partial charge in [0.25, 0.3) is 0 Å². The number of fused-ring (bicyclic) bond motifs is 1. The van der Waals surface area contributed by atoms with Crippen molar-refractivity contribution in [3.05, 3.63) is 16.8 Å². The Balaban J connectivity index is 2.87. The summed E-state index contributed by atoms with van der Waals surface area (Å²) < 4.78 is 1.40. The molecular formula is C6H6ClN5. The summed E-state index contributed by atoms with van der Waals surface area (Å²) in [7, 11) is 0. The molecule has 0 spiro atoms. The molecule has 0 fully saturated rings. The van der Waals surface area contributed by atoms with Gasteiger partial charge < -0.3 is 5.73 Å². The van der Waals surface area contributed by atoms with Crippen molar-refractivity contribution in [2.75, 3.05) is 5.73 Å². The van der Waals surface area contributed by atoms with Crippen LogP contribution in [0, 0.1) is 6.92 Å². The lowest BCUT2D eigenvalue weighted by atomic mass is 10.3. The molecule has 0 unspecified atom stereocenters. The van der Waals surface area contributed by atoms with Gasteiger partial charge >= 0.3 is 0 Å². The van der Waals surface area contributed by atoms with Crippen LogP contribution >= 0.6 is 11.6 Å². The molecule has 0 saturated carbocycles. The largest absolute Gasteiger partial charge is 0.366 e. The lowest BCUT2D eigenvalue weighted by Gasteiger charge is -1.96. The Morgan fingerprint density at radius 1 is 1.50 bits per heavy atom. The van der Waals surface area contributed by atoms with E-state index in [0.717, 1.165) is 5.56 Å². The average molecular weight is 184 g/mol. The van der Waals surface area contributed by atoms with Crippen molar-refractivity contribution >= 4 is 23.2 Å². The van der Waals surface area contributed by atoms with Gasteiger partial charge in [0.05, 0.1) is 0 Å². The van der Waals surface area contributed by atoms with E-state index in [-0.39, 0.29) is 5.95 Å². The summed E-state index contributed by atoms with van der Waals surface area (Å²) in [5.41, 5.74) is 6.93. The van der Waals surface area contributed by atoms with Gasteiger partial charge in [0, 0.05) is 0 Å². The predicted octanol–water partition coefficient (Wildman–Crippen LogP) is 0.668. The maximum atomic E-state index is 5.77. The highest BCUT2D eigenvalue weighted by molar-refractivity contribution is 6.30. The monoisotopic (exact) mass is 183 g/mol. The first-order chi connectivity index (χ1) is 5.68. The fraction of sp³-hybridized carbons (Fsp3) is 0.167. The molecule has 0 atom stereocenters. The van der Waals surface area contributed by atoms with Gasteiger partial charge in [0.1, 0.15) is 0 Å². The molecule has 6 heteroatoms. The molecule has 2 heterocycles. The van der Waals surface area contributed by atoms with E-state index in [2.05, 4.69) is 15.3 Å². The van der Waals surface area contributed by atoms with Crippen LogP contribution in [0.25, 0.3) is 5.65 Å². The highest BCUT2D eigenvalue weighted by atomic mass is 35.5. The van der Waals surface area contributed by atoms with Crippen molar-refractivity contribution in [2.24, 2.45) is 0 Å². The van der Waals surface area contributed by atoms with E-state index in [0.29, 0.717) is 10.8 Å². The second kappa shape index (κ2) is 2.31. The van der Waals surface area contributed by atoms with Crippen LogP contribution in [0.3, 0.4) is 0 Å². The van der Waals surface area contributed by atoms with Crippen LogP contribution in [0.2, 0.25) is 5.15 Å². The highest BCUT2D eigenvalue weighted by Crippen LogP contribution is 2.13. The van der Waals surface area contributed by atoms with Gasteiger partial charge in [-0.15, -0.1) is 10.2 Å². The Kier molecular flexibility index (Phi) is 1.41. The smallest absolute Gasteiger partial charge is 0.243 e. The maximum Gasteiger partial charge on any atom is 0.243 e. The van der Waals surface area contributed by atoms with Gasteiger partial charge in [0.2, 0.25) is 5.95 Å². The average Bonchev–Trinajstić information content (AvgIpc) is 2.35. The molecule has 2 N–H and O–H groups in total. The van der Waals surface area contributed by atoms with Crippen LogP contribution in [0.1, 0.15) is 5.56 Å². The second-order valence-electron chi connectivity index (χ2n) is 2.45. The van der Waals surface area contributed by atoms with Gasteiger partial charge in [-0.25, -0.2) is 0 Å². The summed E-state index contributed by atoms with van der Waals surface area (Å²) in [6.07, 6.45) is 0. The van der Waals surface area contributed by atoms with Gasteiger partial charge in [-0.1, -0.05) is 11.6 Å². The van der Waals surface area contributed by atoms with Crippen molar-refractivity contribution in [3.63, 3.8) is 0 Å². The highest BCUT2D eigenvalue weighted by Gasteiger charge is 2.05. The topological polar surface area (TPSA) is 69.1 Å². The lowest BCUT2D eigenvalue weighted by molar-refractivity contribution is 0.932. The van der Waals surface area contributed by atoms with E-state index in [1.54, 1.807) is 6.07 Å². The van der Waals surface area contributed by atoms with E-state index in [1.807, 2.05) is 6.92 Å². The number of rotatable bonds is 0. The van der Waals surface area contributed by atoms with Crippen LogP contribution < -0.4 is 5.73 Å². The molecule has 5 nitrogen and oxygen atoms in total. The standard InChI is InChI=1S/C6H6ClN5/c1-3-2-4-9-10-6(8)12(4)11-5(3)7/h2H,1H3,(H2,8,10). The second-order valence-corrected chi connectivity index (χ2v) is 2.80. The number of anilines is 1. The van der Waals surface area contributed by atoms with Crippen molar-refractivity contribution in [1.29, 1.82) is 0 Å². The zero-order chi connectivity index (χ0) is 8.72. The summed E-state index contributed by atoms with van der Waals surface area (Å²) in [4.78, 5) is 0. The first kappa shape index (κ1) is 7.30. The van der Waals surface area contributed by atoms with E-state index < -0.39 is 0 Å². The van der Waals surface area contributed by atoms with Gasteiger partial charge in [-0.2, -0.15) is 9.61 Å². The van der Waals surface area contributed by atoms with Gasteiger partial charge in [-0.05, 0) is 18.6 Å². The molecule has 0 aliphatic rings. The van der Waals surface area contributed by atoms with E-state index in [4.69, 9.17) is 17.3 Å². The van der Waals surface area contributed by atoms with Crippen molar-refractivity contribution in [2.45, 2.75) is 6.92 Å². The van der Waals surface area contributed by atoms with Crippen LogP contribution in [-0.4, -0.2) is 19.8 Å². The van der Waals surface area contributed by atoms with Crippen molar-refractivity contribution < 1.29 is 0 Å². The van der Waals surface area contributed by atoms with Crippen LogP contribution in [0.5, 0.6) is 0 Å². The lowest BCUT2D eigenvalue weighted by Crippen LogP contribution is -1.99. The Hall–Kier alpha value is -1.36. The Morgan fingerprint density at radius 3 is 3.00 bits per heavy atom. The number of nitrogen functional groups attached to an aromatic ring is 1. The fourth-order valence-electron chi connectivity index (χ4n) is 0.917. The first-order valence-corrected chi connectivity index (χ1v) is 3.70. The molecule has 0 aliphatic heterocycles. The summed E-state index contributed by atoms with van der Waals surface area (Å²) in [5, 5.41) is 11.8. The molecule has 0 saturated heterocycles. The minimum atomic E-state index is 0.243. The van der Waals surface area contributed by atoms with E-state index in [9.17, 15) is 0 Å². The van der Waals surface area contributed by atoms with E-state index >= 15 is 0 Å². The minimum Gasteiger partial charge on any atom is -0.366 e. The molecule has 12 heavy (non-hydrogen) atoms. The molecule has 0 bridgehead atoms. The minimum absolute atomic E-state index is 0.243. The molecule has 0 radical (unpaired) electrons. The normalized spacial score (nSPS) is 10.8. The number of nitrogens with zero attached hydrogens (tertiary/aromatic N) is 4. The number of halogens is 1. The number of aryl methyl sites for hydroxylation is 1. The molecule has 0 aromatic carbocycles. The number of hydrogen-bond acceptors (Lipinski definition) is 4. The van der Waals surface area contributed by atoms with Gasteiger partial charge in [0.15, 0.2) is 10.8 Å². The summed E-state index contributed by atoms with van der Waals surface area (Å²) in [6, 6.07) is 1.78. The summed E-state index contributed by atoms with van der Waals surface area (Å²) >= 11 is 5.77. The SMILES string of the molecule is Cc1cc2nnc(N)n2nc1Cl. The summed E-state index contributed by atoms with van der Waals surface area (Å²) in [6.45, 7) is 1.85. The maximum absolute atomic E-state index is 5.77. The van der Waals surface area contributed by atoms with Crippen molar-refractivity contribution in [1.82, 2.24) is 19.8 Å². The molecular weight excluding hydrogens is 178 g/mol. The molecule has 2 aromatic rings. The third-order valence-corrected chi connectivity index (χ3v) is 1.92. The molecule has 62 valence electrons. The molecule has 2 aromatic heterocycles. The predicted molar refractivity (Wildman–Crippen MR) is 44.9 cm³/mol. The van der Waals surface area contributed by atoms with Crippen LogP contribution in [-0.2, 0) is 0 Å². The molecule has 0 amide bonds. The van der Waals surface area contributed by atoms with Crippen molar-refractivity contribution in [3.8, 4) is 0 Å². The Labute approximate surface area is 73.2 Å². The zero-order valence-electron chi connectivity index (χ0n) is 6.32. The number of nitrogens with two attached hydrogens (primary N) is 1.